The molecule has 6 nitrogen and oxygen atoms in total. The highest BCUT2D eigenvalue weighted by Crippen LogP contribution is 2.29. The molecule has 2 aromatic carbocycles. The zero-order chi connectivity index (χ0) is 19.0. The van der Waals surface area contributed by atoms with Crippen LogP contribution in [0.4, 0.5) is 0 Å². The number of aromatic nitrogens is 5. The molecule has 0 fully saturated rings. The molecule has 0 radical (unpaired) electrons. The van der Waals surface area contributed by atoms with Crippen molar-refractivity contribution in [3.63, 3.8) is 0 Å². The highest BCUT2D eigenvalue weighted by atomic mass is 35.5. The Hall–Kier alpha value is -2.64. The number of aromatic amines is 1. The molecule has 0 unspecified atom stereocenters. The van der Waals surface area contributed by atoms with Crippen LogP contribution in [0.25, 0.3) is 16.6 Å². The van der Waals surface area contributed by atoms with Crippen LogP contribution >= 0.6 is 23.4 Å². The van der Waals surface area contributed by atoms with Gasteiger partial charge in [0.25, 0.3) is 0 Å². The van der Waals surface area contributed by atoms with Crippen molar-refractivity contribution >= 4 is 40.0 Å². The molecule has 0 aliphatic rings. The molecule has 2 heterocycles. The number of nitrogens with one attached hydrogen (secondary N) is 1. The third-order valence-electron chi connectivity index (χ3n) is 4.30. The number of hydrogen-bond acceptors (Lipinski definition) is 5. The van der Waals surface area contributed by atoms with Crippen LogP contribution in [0, 0.1) is 6.92 Å². The molecule has 8 heteroatoms. The molecule has 27 heavy (non-hydrogen) atoms. The number of H-pyrrole nitrogens is 1. The highest BCUT2D eigenvalue weighted by molar-refractivity contribution is 8.00. The Kier molecular flexibility index (Phi) is 4.72. The van der Waals surface area contributed by atoms with Crippen molar-refractivity contribution in [3.8, 4) is 5.69 Å². The molecule has 0 bridgehead atoms. The number of para-hydroxylation sites is 1. The smallest absolute Gasteiger partial charge is 0.214 e. The molecule has 4 rings (SSSR count). The second kappa shape index (κ2) is 7.17. The van der Waals surface area contributed by atoms with Gasteiger partial charge >= 0.3 is 0 Å². The van der Waals surface area contributed by atoms with Gasteiger partial charge in [-0.15, -0.1) is 5.10 Å². The van der Waals surface area contributed by atoms with Gasteiger partial charge in [0.05, 0.1) is 10.9 Å². The minimum absolute atomic E-state index is 0.0422. The molecule has 136 valence electrons. The maximum Gasteiger partial charge on any atom is 0.214 e. The number of carbonyl (C=O) groups excluding carboxylic acids is 1. The first kappa shape index (κ1) is 17.8. The average Bonchev–Trinajstić information content (AvgIpc) is 3.25. The lowest BCUT2D eigenvalue weighted by atomic mass is 10.1. The monoisotopic (exact) mass is 397 g/mol. The van der Waals surface area contributed by atoms with Gasteiger partial charge in [-0.2, -0.15) is 4.68 Å². The van der Waals surface area contributed by atoms with Crippen LogP contribution in [-0.4, -0.2) is 36.2 Å². The number of hydrogen-bond donors (Lipinski definition) is 1. The van der Waals surface area contributed by atoms with Crippen LogP contribution in [0.2, 0.25) is 5.02 Å². The Morgan fingerprint density at radius 2 is 1.93 bits per heavy atom. The lowest BCUT2D eigenvalue weighted by molar-refractivity contribution is 0.0995. The average molecular weight is 398 g/mol. The predicted octanol–water partition coefficient (Wildman–Crippen LogP) is 4.47. The minimum Gasteiger partial charge on any atom is -0.358 e. The molecule has 0 aliphatic carbocycles. The van der Waals surface area contributed by atoms with Gasteiger partial charge in [-0.05, 0) is 54.6 Å². The topological polar surface area (TPSA) is 76.5 Å². The SMILES string of the molecule is Cc1[nH]c2ccccc2c1C(=O)[C@@H](C)Sc1nnnn1-c1ccc(Cl)cc1. The van der Waals surface area contributed by atoms with Gasteiger partial charge in [-0.25, -0.2) is 0 Å². The summed E-state index contributed by atoms with van der Waals surface area (Å²) >= 11 is 7.27. The minimum atomic E-state index is -0.347. The zero-order valence-corrected chi connectivity index (χ0v) is 16.3. The van der Waals surface area contributed by atoms with Crippen molar-refractivity contribution in [1.82, 2.24) is 25.2 Å². The van der Waals surface area contributed by atoms with Crippen molar-refractivity contribution in [2.75, 3.05) is 0 Å². The number of rotatable bonds is 5. The molecule has 4 aromatic rings. The van der Waals surface area contributed by atoms with Crippen LogP contribution in [0.15, 0.2) is 53.7 Å². The van der Waals surface area contributed by atoms with E-state index in [9.17, 15) is 4.79 Å². The second-order valence-corrected chi connectivity index (χ2v) is 7.89. The first-order valence-electron chi connectivity index (χ1n) is 8.37. The Morgan fingerprint density at radius 3 is 2.70 bits per heavy atom. The third kappa shape index (κ3) is 3.36. The van der Waals surface area contributed by atoms with Gasteiger partial charge in [-0.1, -0.05) is 41.6 Å². The summed E-state index contributed by atoms with van der Waals surface area (Å²) in [5.41, 5.74) is 3.33. The van der Waals surface area contributed by atoms with Crippen molar-refractivity contribution in [2.24, 2.45) is 0 Å². The molecule has 0 aliphatic heterocycles. The van der Waals surface area contributed by atoms with E-state index in [-0.39, 0.29) is 11.0 Å². The van der Waals surface area contributed by atoms with Crippen LogP contribution < -0.4 is 0 Å². The number of nitrogens with zero attached hydrogens (tertiary/aromatic N) is 4. The van der Waals surface area contributed by atoms with Crippen molar-refractivity contribution in [1.29, 1.82) is 0 Å². The van der Waals surface area contributed by atoms with E-state index in [1.54, 1.807) is 16.8 Å². The Balaban J connectivity index is 1.62. The maximum atomic E-state index is 13.1. The van der Waals surface area contributed by atoms with Crippen molar-refractivity contribution < 1.29 is 4.79 Å². The molecule has 1 atom stereocenters. The number of thioether (sulfide) groups is 1. The summed E-state index contributed by atoms with van der Waals surface area (Å²) < 4.78 is 1.60. The van der Waals surface area contributed by atoms with Crippen LogP contribution in [0.3, 0.4) is 0 Å². The summed E-state index contributed by atoms with van der Waals surface area (Å²) in [5, 5.41) is 13.6. The van der Waals surface area contributed by atoms with E-state index < -0.39 is 0 Å². The number of halogens is 1. The largest absolute Gasteiger partial charge is 0.358 e. The Labute approximate surface area is 164 Å². The number of Topliss-reactive ketones (excluding diaryl/α,β-unsaturated/α-hetero) is 1. The molecule has 1 N–H and O–H groups in total. The van der Waals surface area contributed by atoms with Gasteiger partial charge in [-0.3, -0.25) is 4.79 Å². The lowest BCUT2D eigenvalue weighted by Crippen LogP contribution is -2.15. The van der Waals surface area contributed by atoms with Crippen LogP contribution in [0.1, 0.15) is 23.0 Å². The highest BCUT2D eigenvalue weighted by Gasteiger charge is 2.24. The first-order chi connectivity index (χ1) is 13.0. The van der Waals surface area contributed by atoms with Crippen molar-refractivity contribution in [2.45, 2.75) is 24.3 Å². The first-order valence-corrected chi connectivity index (χ1v) is 9.63. The maximum absolute atomic E-state index is 13.1. The summed E-state index contributed by atoms with van der Waals surface area (Å²) in [6, 6.07) is 15.0. The number of benzene rings is 2. The Bertz CT molecular complexity index is 1120. The second-order valence-electron chi connectivity index (χ2n) is 6.14. The molecule has 0 saturated heterocycles. The normalized spacial score (nSPS) is 12.4. The van der Waals surface area contributed by atoms with Gasteiger partial charge in [0, 0.05) is 27.2 Å². The van der Waals surface area contributed by atoms with Gasteiger partial charge in [0.2, 0.25) is 5.16 Å². The molecular weight excluding hydrogens is 382 g/mol. The van der Waals surface area contributed by atoms with Crippen LogP contribution in [-0.2, 0) is 0 Å². The van der Waals surface area contributed by atoms with Crippen LogP contribution in [0.5, 0.6) is 0 Å². The number of carbonyl (C=O) groups is 1. The Morgan fingerprint density at radius 1 is 1.19 bits per heavy atom. The lowest BCUT2D eigenvalue weighted by Gasteiger charge is -2.10. The van der Waals surface area contributed by atoms with Gasteiger partial charge in [0.1, 0.15) is 0 Å². The molecule has 0 spiro atoms. The van der Waals surface area contributed by atoms with E-state index in [0.29, 0.717) is 10.2 Å². The summed E-state index contributed by atoms with van der Waals surface area (Å²) in [5.74, 6) is 0.0422. The summed E-state index contributed by atoms with van der Waals surface area (Å²) in [4.78, 5) is 16.4. The van der Waals surface area contributed by atoms with Crippen molar-refractivity contribution in [3.05, 3.63) is 64.8 Å². The quantitative estimate of drug-likeness (QED) is 0.397. The molecule has 0 amide bonds. The van der Waals surface area contributed by atoms with Gasteiger partial charge < -0.3 is 4.98 Å². The van der Waals surface area contributed by atoms with E-state index in [1.807, 2.05) is 50.2 Å². The number of ketones is 1. The van der Waals surface area contributed by atoms with E-state index in [2.05, 4.69) is 20.5 Å². The third-order valence-corrected chi connectivity index (χ3v) is 5.59. The fraction of sp³-hybridized carbons (Fsp3) is 0.158. The molecule has 2 aromatic heterocycles. The van der Waals surface area contributed by atoms with Gasteiger partial charge in [0.15, 0.2) is 5.78 Å². The molecular formula is C19H16ClN5OS. The van der Waals surface area contributed by atoms with E-state index >= 15 is 0 Å². The summed E-state index contributed by atoms with van der Waals surface area (Å²) in [7, 11) is 0. The standard InChI is InChI=1S/C19H16ClN5OS/c1-11-17(15-5-3-4-6-16(15)21-11)18(26)12(2)27-19-22-23-24-25(19)14-9-7-13(20)8-10-14/h3-10,12,21H,1-2H3/t12-/m1/s1. The van der Waals surface area contributed by atoms with E-state index in [0.717, 1.165) is 27.8 Å². The van der Waals surface area contributed by atoms with E-state index in [1.165, 1.54) is 11.8 Å². The number of tetrazole rings is 1. The fourth-order valence-electron chi connectivity index (χ4n) is 3.01. The predicted molar refractivity (Wildman–Crippen MR) is 107 cm³/mol. The molecule has 0 saturated carbocycles. The summed E-state index contributed by atoms with van der Waals surface area (Å²) in [6.07, 6.45) is 0. The summed E-state index contributed by atoms with van der Waals surface area (Å²) in [6.45, 7) is 3.79. The van der Waals surface area contributed by atoms with E-state index in [4.69, 9.17) is 11.6 Å². The number of aryl methyl sites for hydroxylation is 1. The number of fused-ring (bicyclic) bond motifs is 1. The fourth-order valence-corrected chi connectivity index (χ4v) is 4.00. The zero-order valence-electron chi connectivity index (χ0n) is 14.7.